The molecule has 0 N–H and O–H groups in total. The molecule has 1 atom stereocenters. The van der Waals surface area contributed by atoms with Gasteiger partial charge in [-0.05, 0) is 51.4 Å². The van der Waals surface area contributed by atoms with E-state index in [4.69, 9.17) is 4.74 Å². The number of unbranched alkanes of at least 4 members (excludes halogenated alkanes) is 7. The van der Waals surface area contributed by atoms with Crippen molar-refractivity contribution in [2.45, 2.75) is 76.6 Å². The fourth-order valence-corrected chi connectivity index (χ4v) is 6.36. The maximum atomic E-state index is 13.1. The van der Waals surface area contributed by atoms with Crippen LogP contribution in [0.4, 0.5) is 18.9 Å². The van der Waals surface area contributed by atoms with Gasteiger partial charge in [0.25, 0.3) is 0 Å². The number of nitrogens with zero attached hydrogens (tertiary/aromatic N) is 3. The third kappa shape index (κ3) is 8.13. The Morgan fingerprint density at radius 1 is 0.974 bits per heavy atom. The highest BCUT2D eigenvalue weighted by molar-refractivity contribution is 8.15. The maximum Gasteiger partial charge on any atom is 0.416 e. The molecule has 4 rings (SSSR count). The highest BCUT2D eigenvalue weighted by Gasteiger charge is 2.31. The minimum atomic E-state index is -4.36. The first-order valence-corrected chi connectivity index (χ1v) is 15.1. The molecule has 3 heterocycles. The van der Waals surface area contributed by atoms with Gasteiger partial charge in [-0.1, -0.05) is 56.4 Å². The number of fused-ring (bicyclic) bond motifs is 1. The monoisotopic (exact) mass is 563 g/mol. The summed E-state index contributed by atoms with van der Waals surface area (Å²) < 4.78 is 45.1. The molecule has 0 amide bonds. The van der Waals surface area contributed by atoms with Crippen molar-refractivity contribution in [3.8, 4) is 0 Å². The summed E-state index contributed by atoms with van der Waals surface area (Å²) in [5.41, 5.74) is 1.48. The van der Waals surface area contributed by atoms with Crippen LogP contribution in [0.1, 0.15) is 70.8 Å². The summed E-state index contributed by atoms with van der Waals surface area (Å²) in [5, 5.41) is 1.08. The molecule has 0 spiro atoms. The van der Waals surface area contributed by atoms with E-state index in [1.165, 1.54) is 56.7 Å². The van der Waals surface area contributed by atoms with E-state index < -0.39 is 11.7 Å². The highest BCUT2D eigenvalue weighted by atomic mass is 32.2. The zero-order valence-corrected chi connectivity index (χ0v) is 23.9. The number of pyridine rings is 1. The molecule has 0 aliphatic carbocycles. The van der Waals surface area contributed by atoms with Crippen LogP contribution in [0.15, 0.2) is 41.8 Å². The molecule has 39 heavy (non-hydrogen) atoms. The number of ether oxygens (including phenoxy) is 1. The van der Waals surface area contributed by atoms with Gasteiger partial charge in [0.2, 0.25) is 5.12 Å². The van der Waals surface area contributed by atoms with Gasteiger partial charge in [-0.3, -0.25) is 14.7 Å². The van der Waals surface area contributed by atoms with Gasteiger partial charge in [0, 0.05) is 49.0 Å². The summed E-state index contributed by atoms with van der Waals surface area (Å²) in [4.78, 5) is 20.6. The van der Waals surface area contributed by atoms with Crippen molar-refractivity contribution >= 4 is 33.5 Å². The lowest BCUT2D eigenvalue weighted by molar-refractivity contribution is -0.137. The standard InChI is InChI=1S/C30H40F3N3O2S/c1-22-28(23(2)39-29(22)37)38-20-10-8-6-4-3-5-7-9-15-35-16-18-36(19-17-35)27-13-14-34-26-21-24(30(31,32)33)11-12-25(26)27/h11-14,21,23H,3-10,15-20H2,1-2H3. The van der Waals surface area contributed by atoms with Crippen molar-refractivity contribution in [3.63, 3.8) is 0 Å². The average molecular weight is 564 g/mol. The minimum absolute atomic E-state index is 0.145. The number of hydrogen-bond donors (Lipinski definition) is 0. The van der Waals surface area contributed by atoms with E-state index >= 15 is 0 Å². The summed E-state index contributed by atoms with van der Waals surface area (Å²) in [5.74, 6) is 0.875. The third-order valence-corrected chi connectivity index (χ3v) is 8.80. The van der Waals surface area contributed by atoms with Gasteiger partial charge in [0.15, 0.2) is 0 Å². The summed E-state index contributed by atoms with van der Waals surface area (Å²) in [6.07, 6.45) is 6.93. The van der Waals surface area contributed by atoms with Crippen molar-refractivity contribution in [3.05, 3.63) is 47.4 Å². The Hall–Kier alpha value is -2.26. The zero-order valence-electron chi connectivity index (χ0n) is 23.1. The van der Waals surface area contributed by atoms with Crippen LogP contribution in [0.2, 0.25) is 0 Å². The molecule has 214 valence electrons. The van der Waals surface area contributed by atoms with Crippen molar-refractivity contribution in [1.29, 1.82) is 0 Å². The first-order chi connectivity index (χ1) is 18.7. The maximum absolute atomic E-state index is 13.1. The second-order valence-electron chi connectivity index (χ2n) is 10.6. The van der Waals surface area contributed by atoms with Crippen molar-refractivity contribution in [2.24, 2.45) is 0 Å². The Balaban J connectivity index is 1.05. The van der Waals surface area contributed by atoms with Crippen LogP contribution >= 0.6 is 11.8 Å². The second kappa shape index (κ2) is 13.9. The minimum Gasteiger partial charge on any atom is -0.496 e. The van der Waals surface area contributed by atoms with E-state index in [1.807, 2.05) is 19.9 Å². The molecule has 1 aromatic heterocycles. The lowest BCUT2D eigenvalue weighted by Crippen LogP contribution is -2.46. The van der Waals surface area contributed by atoms with Gasteiger partial charge in [-0.15, -0.1) is 0 Å². The molecule has 1 saturated heterocycles. The number of benzene rings is 1. The molecule has 2 aromatic rings. The number of anilines is 1. The van der Waals surface area contributed by atoms with Crippen LogP contribution in [-0.2, 0) is 15.7 Å². The summed E-state index contributed by atoms with van der Waals surface area (Å²) in [7, 11) is 0. The molecular weight excluding hydrogens is 523 g/mol. The van der Waals surface area contributed by atoms with E-state index in [9.17, 15) is 18.0 Å². The normalized spacial score (nSPS) is 18.9. The number of hydrogen-bond acceptors (Lipinski definition) is 6. The number of carbonyl (C=O) groups is 1. The lowest BCUT2D eigenvalue weighted by Gasteiger charge is -2.36. The predicted octanol–water partition coefficient (Wildman–Crippen LogP) is 7.45. The van der Waals surface area contributed by atoms with Crippen LogP contribution in [0.3, 0.4) is 0 Å². The molecule has 1 unspecified atom stereocenters. The number of rotatable bonds is 13. The fraction of sp³-hybridized carbons (Fsp3) is 0.600. The molecule has 1 aromatic carbocycles. The van der Waals surface area contributed by atoms with Crippen LogP contribution in [0.25, 0.3) is 10.9 Å². The summed E-state index contributed by atoms with van der Waals surface area (Å²) >= 11 is 1.35. The number of aromatic nitrogens is 1. The number of halogens is 3. The predicted molar refractivity (Wildman–Crippen MR) is 153 cm³/mol. The fourth-order valence-electron chi connectivity index (χ4n) is 5.41. The molecular formula is C30H40F3N3O2S. The Morgan fingerprint density at radius 3 is 2.28 bits per heavy atom. The van der Waals surface area contributed by atoms with Crippen LogP contribution < -0.4 is 4.90 Å². The zero-order chi connectivity index (χ0) is 27.8. The van der Waals surface area contributed by atoms with Gasteiger partial charge in [0.05, 0.1) is 22.9 Å². The van der Waals surface area contributed by atoms with Gasteiger partial charge < -0.3 is 9.64 Å². The smallest absolute Gasteiger partial charge is 0.416 e. The van der Waals surface area contributed by atoms with Gasteiger partial charge in [-0.2, -0.15) is 13.2 Å². The largest absolute Gasteiger partial charge is 0.496 e. The highest BCUT2D eigenvalue weighted by Crippen LogP contribution is 2.35. The van der Waals surface area contributed by atoms with E-state index in [2.05, 4.69) is 14.8 Å². The van der Waals surface area contributed by atoms with Crippen LogP contribution in [0, 0.1) is 0 Å². The number of piperazine rings is 1. The molecule has 0 saturated carbocycles. The van der Waals surface area contributed by atoms with Crippen LogP contribution in [0.5, 0.6) is 0 Å². The molecule has 5 nitrogen and oxygen atoms in total. The van der Waals surface area contributed by atoms with Crippen molar-refractivity contribution in [2.75, 3.05) is 44.2 Å². The van der Waals surface area contributed by atoms with E-state index in [1.54, 1.807) is 12.3 Å². The first kappa shape index (κ1) is 29.7. The van der Waals surface area contributed by atoms with Crippen molar-refractivity contribution in [1.82, 2.24) is 9.88 Å². The van der Waals surface area contributed by atoms with Crippen molar-refractivity contribution < 1.29 is 22.7 Å². The third-order valence-electron chi connectivity index (χ3n) is 7.72. The SMILES string of the molecule is CC1=C(OCCCCCCCCCCN2CCN(c3ccnc4cc(C(F)(F)F)ccc34)CC2)C(C)SC1=O. The molecule has 9 heteroatoms. The van der Waals surface area contributed by atoms with Gasteiger partial charge >= 0.3 is 6.18 Å². The average Bonchev–Trinajstić information content (AvgIpc) is 3.16. The Kier molecular flexibility index (Phi) is 10.6. The molecule has 0 radical (unpaired) electrons. The summed E-state index contributed by atoms with van der Waals surface area (Å²) in [6, 6.07) is 5.76. The van der Waals surface area contributed by atoms with E-state index in [0.29, 0.717) is 12.1 Å². The molecule has 0 bridgehead atoms. The molecule has 1 fully saturated rings. The van der Waals surface area contributed by atoms with Gasteiger partial charge in [0.1, 0.15) is 5.76 Å². The van der Waals surface area contributed by atoms with Crippen LogP contribution in [-0.4, -0.2) is 59.6 Å². The Labute approximate surface area is 234 Å². The quantitative estimate of drug-likeness (QED) is 0.236. The number of alkyl halides is 3. The van der Waals surface area contributed by atoms with E-state index in [0.717, 1.165) is 73.7 Å². The second-order valence-corrected chi connectivity index (χ2v) is 11.9. The van der Waals surface area contributed by atoms with E-state index in [-0.39, 0.29) is 10.4 Å². The first-order valence-electron chi connectivity index (χ1n) is 14.2. The lowest BCUT2D eigenvalue weighted by atomic mass is 10.1. The Morgan fingerprint density at radius 2 is 1.64 bits per heavy atom. The molecule has 2 aliphatic rings. The molecule has 2 aliphatic heterocycles. The summed E-state index contributed by atoms with van der Waals surface area (Å²) in [6.45, 7) is 9.37. The number of carbonyl (C=O) groups excluding carboxylic acids is 1. The number of thioether (sulfide) groups is 1. The Bertz CT molecular complexity index is 1150. The van der Waals surface area contributed by atoms with Gasteiger partial charge in [-0.25, -0.2) is 0 Å². The topological polar surface area (TPSA) is 45.7 Å².